The number of nitrogens with one attached hydrogen (secondary N) is 1. The van der Waals surface area contributed by atoms with Crippen LogP contribution in [0.5, 0.6) is 5.75 Å². The van der Waals surface area contributed by atoms with Gasteiger partial charge in [0.15, 0.2) is 0 Å². The highest BCUT2D eigenvalue weighted by atomic mass is 79.9. The summed E-state index contributed by atoms with van der Waals surface area (Å²) in [6.07, 6.45) is 5.89. The first-order chi connectivity index (χ1) is 7.72. The molecule has 0 aromatic carbocycles. The van der Waals surface area contributed by atoms with E-state index in [1.54, 1.807) is 12.4 Å². The maximum Gasteiger partial charge on any atom is 0.138 e. The summed E-state index contributed by atoms with van der Waals surface area (Å²) in [5.74, 6) is 0.805. The molecule has 0 radical (unpaired) electrons. The van der Waals surface area contributed by atoms with Crippen molar-refractivity contribution in [2.75, 3.05) is 13.2 Å². The molecule has 1 heterocycles. The standard InChI is InChI=1S/C12H19BrN2O/c1-3-4-10(2)15-5-6-16-12-7-11(13)8-14-9-12/h7-10,15H,3-6H2,1-2H3. The van der Waals surface area contributed by atoms with E-state index in [1.807, 2.05) is 6.07 Å². The molecule has 4 heteroatoms. The van der Waals surface area contributed by atoms with Gasteiger partial charge in [0.25, 0.3) is 0 Å². The molecule has 0 fully saturated rings. The van der Waals surface area contributed by atoms with Crippen LogP contribution in [0.3, 0.4) is 0 Å². The van der Waals surface area contributed by atoms with Gasteiger partial charge in [-0.05, 0) is 35.3 Å². The summed E-state index contributed by atoms with van der Waals surface area (Å²) in [6, 6.07) is 2.48. The first-order valence-corrected chi connectivity index (χ1v) is 6.48. The van der Waals surface area contributed by atoms with Gasteiger partial charge in [0, 0.05) is 23.3 Å². The predicted molar refractivity (Wildman–Crippen MR) is 69.8 cm³/mol. The van der Waals surface area contributed by atoms with Crippen LogP contribution in [0, 0.1) is 0 Å². The van der Waals surface area contributed by atoms with Crippen LogP contribution in [0.4, 0.5) is 0 Å². The van der Waals surface area contributed by atoms with Crippen molar-refractivity contribution < 1.29 is 4.74 Å². The van der Waals surface area contributed by atoms with E-state index in [1.165, 1.54) is 12.8 Å². The largest absolute Gasteiger partial charge is 0.491 e. The number of nitrogens with zero attached hydrogens (tertiary/aromatic N) is 1. The Balaban J connectivity index is 2.16. The summed E-state index contributed by atoms with van der Waals surface area (Å²) in [5.41, 5.74) is 0. The molecule has 0 amide bonds. The third-order valence-electron chi connectivity index (χ3n) is 2.27. The molecule has 0 aliphatic heterocycles. The lowest BCUT2D eigenvalue weighted by Crippen LogP contribution is -2.29. The van der Waals surface area contributed by atoms with Crippen LogP contribution in [0.25, 0.3) is 0 Å². The molecular formula is C12H19BrN2O. The summed E-state index contributed by atoms with van der Waals surface area (Å²) in [4.78, 5) is 4.04. The highest BCUT2D eigenvalue weighted by molar-refractivity contribution is 9.10. The third-order valence-corrected chi connectivity index (χ3v) is 2.70. The van der Waals surface area contributed by atoms with E-state index >= 15 is 0 Å². The van der Waals surface area contributed by atoms with Crippen LogP contribution >= 0.6 is 15.9 Å². The lowest BCUT2D eigenvalue weighted by atomic mass is 10.2. The molecule has 1 N–H and O–H groups in total. The Hall–Kier alpha value is -0.610. The van der Waals surface area contributed by atoms with Crippen molar-refractivity contribution in [3.63, 3.8) is 0 Å². The fourth-order valence-corrected chi connectivity index (χ4v) is 1.82. The van der Waals surface area contributed by atoms with E-state index < -0.39 is 0 Å². The third kappa shape index (κ3) is 5.47. The molecule has 1 unspecified atom stereocenters. The van der Waals surface area contributed by atoms with E-state index in [9.17, 15) is 0 Å². The first kappa shape index (κ1) is 13.5. The maximum absolute atomic E-state index is 5.56. The predicted octanol–water partition coefficient (Wildman–Crippen LogP) is 3.00. The zero-order valence-corrected chi connectivity index (χ0v) is 11.5. The summed E-state index contributed by atoms with van der Waals surface area (Å²) in [5, 5.41) is 3.41. The van der Waals surface area contributed by atoms with E-state index in [-0.39, 0.29) is 0 Å². The fourth-order valence-electron chi connectivity index (χ4n) is 1.48. The van der Waals surface area contributed by atoms with E-state index in [4.69, 9.17) is 4.74 Å². The number of hydrogen-bond donors (Lipinski definition) is 1. The Bertz CT molecular complexity index is 307. The summed E-state index contributed by atoms with van der Waals surface area (Å²) in [6.45, 7) is 5.94. The van der Waals surface area contributed by atoms with Crippen molar-refractivity contribution in [3.05, 3.63) is 22.9 Å². The summed E-state index contributed by atoms with van der Waals surface area (Å²) in [7, 11) is 0. The minimum atomic E-state index is 0.564. The fraction of sp³-hybridized carbons (Fsp3) is 0.583. The molecule has 0 saturated carbocycles. The van der Waals surface area contributed by atoms with Crippen molar-refractivity contribution in [1.82, 2.24) is 10.3 Å². The van der Waals surface area contributed by atoms with Gasteiger partial charge in [-0.25, -0.2) is 0 Å². The minimum absolute atomic E-state index is 0.564. The number of ether oxygens (including phenoxy) is 1. The van der Waals surface area contributed by atoms with Gasteiger partial charge >= 0.3 is 0 Å². The summed E-state index contributed by atoms with van der Waals surface area (Å²) >= 11 is 3.36. The van der Waals surface area contributed by atoms with Gasteiger partial charge in [0.1, 0.15) is 12.4 Å². The first-order valence-electron chi connectivity index (χ1n) is 5.69. The molecule has 0 bridgehead atoms. The van der Waals surface area contributed by atoms with Crippen LogP contribution in [0.1, 0.15) is 26.7 Å². The number of rotatable bonds is 7. The van der Waals surface area contributed by atoms with Crippen LogP contribution in [-0.4, -0.2) is 24.2 Å². The second-order valence-electron chi connectivity index (χ2n) is 3.83. The smallest absolute Gasteiger partial charge is 0.138 e. The molecular weight excluding hydrogens is 268 g/mol. The Kier molecular flexibility index (Phi) is 6.42. The van der Waals surface area contributed by atoms with Gasteiger partial charge < -0.3 is 10.1 Å². The van der Waals surface area contributed by atoms with E-state index in [0.29, 0.717) is 12.6 Å². The minimum Gasteiger partial charge on any atom is -0.491 e. The SMILES string of the molecule is CCCC(C)NCCOc1cncc(Br)c1. The van der Waals surface area contributed by atoms with Gasteiger partial charge in [-0.3, -0.25) is 4.98 Å². The van der Waals surface area contributed by atoms with Crippen LogP contribution in [-0.2, 0) is 0 Å². The number of hydrogen-bond acceptors (Lipinski definition) is 3. The normalized spacial score (nSPS) is 12.4. The van der Waals surface area contributed by atoms with Crippen LogP contribution in [0.2, 0.25) is 0 Å². The lowest BCUT2D eigenvalue weighted by Gasteiger charge is -2.13. The quantitative estimate of drug-likeness (QED) is 0.783. The monoisotopic (exact) mass is 286 g/mol. The second kappa shape index (κ2) is 7.63. The molecule has 90 valence electrons. The molecule has 0 aliphatic rings. The van der Waals surface area contributed by atoms with Crippen molar-refractivity contribution in [2.45, 2.75) is 32.7 Å². The molecule has 16 heavy (non-hydrogen) atoms. The topological polar surface area (TPSA) is 34.1 Å². The Labute approximate surface area is 106 Å². The molecule has 0 aliphatic carbocycles. The Morgan fingerprint density at radius 3 is 3.00 bits per heavy atom. The highest BCUT2D eigenvalue weighted by Gasteiger charge is 1.99. The maximum atomic E-state index is 5.56. The molecule has 1 atom stereocenters. The molecule has 1 aromatic heterocycles. The van der Waals surface area contributed by atoms with E-state index in [2.05, 4.69) is 40.1 Å². The molecule has 3 nitrogen and oxygen atoms in total. The van der Waals surface area contributed by atoms with Crippen molar-refractivity contribution in [2.24, 2.45) is 0 Å². The van der Waals surface area contributed by atoms with E-state index in [0.717, 1.165) is 16.8 Å². The van der Waals surface area contributed by atoms with Crippen molar-refractivity contribution in [3.8, 4) is 5.75 Å². The zero-order chi connectivity index (χ0) is 11.8. The van der Waals surface area contributed by atoms with Gasteiger partial charge in [-0.1, -0.05) is 13.3 Å². The summed E-state index contributed by atoms with van der Waals surface area (Å²) < 4.78 is 6.50. The van der Waals surface area contributed by atoms with Crippen molar-refractivity contribution >= 4 is 15.9 Å². The zero-order valence-electron chi connectivity index (χ0n) is 9.87. The second-order valence-corrected chi connectivity index (χ2v) is 4.75. The van der Waals surface area contributed by atoms with Crippen LogP contribution < -0.4 is 10.1 Å². The molecule has 1 rings (SSSR count). The van der Waals surface area contributed by atoms with Gasteiger partial charge in [-0.15, -0.1) is 0 Å². The average molecular weight is 287 g/mol. The highest BCUT2D eigenvalue weighted by Crippen LogP contribution is 2.15. The van der Waals surface area contributed by atoms with Gasteiger partial charge in [0.2, 0.25) is 0 Å². The lowest BCUT2D eigenvalue weighted by molar-refractivity contribution is 0.303. The average Bonchev–Trinajstić information content (AvgIpc) is 2.25. The number of aromatic nitrogens is 1. The number of halogens is 1. The molecule has 0 spiro atoms. The van der Waals surface area contributed by atoms with Crippen molar-refractivity contribution in [1.29, 1.82) is 0 Å². The Morgan fingerprint density at radius 1 is 1.50 bits per heavy atom. The van der Waals surface area contributed by atoms with Crippen LogP contribution in [0.15, 0.2) is 22.9 Å². The molecule has 1 aromatic rings. The number of pyridine rings is 1. The molecule has 0 saturated heterocycles. The van der Waals surface area contributed by atoms with Gasteiger partial charge in [-0.2, -0.15) is 0 Å². The van der Waals surface area contributed by atoms with Gasteiger partial charge in [0.05, 0.1) is 6.20 Å². The Morgan fingerprint density at radius 2 is 2.31 bits per heavy atom.